The lowest BCUT2D eigenvalue weighted by atomic mass is 10.2. The van der Waals surface area contributed by atoms with E-state index in [0.717, 1.165) is 28.6 Å². The minimum atomic E-state index is -4.19. The third-order valence-corrected chi connectivity index (χ3v) is 5.13. The van der Waals surface area contributed by atoms with Gasteiger partial charge in [-0.2, -0.15) is 0 Å². The zero-order valence-electron chi connectivity index (χ0n) is 13.6. The fourth-order valence-electron chi connectivity index (χ4n) is 2.17. The van der Waals surface area contributed by atoms with E-state index in [2.05, 4.69) is 0 Å². The van der Waals surface area contributed by atoms with Gasteiger partial charge in [-0.1, -0.05) is 0 Å². The Labute approximate surface area is 144 Å². The number of hydrogen-bond donors (Lipinski definition) is 1. The third-order valence-electron chi connectivity index (χ3n) is 3.36. The van der Waals surface area contributed by atoms with Gasteiger partial charge in [-0.3, -0.25) is 9.10 Å². The first kappa shape index (κ1) is 18.5. The summed E-state index contributed by atoms with van der Waals surface area (Å²) in [7, 11) is -1.42. The summed E-state index contributed by atoms with van der Waals surface area (Å²) >= 11 is 0. The van der Waals surface area contributed by atoms with E-state index in [1.807, 2.05) is 0 Å². The molecular formula is C16H17FN2O5S. The molecule has 2 aromatic rings. The van der Waals surface area contributed by atoms with Gasteiger partial charge in [0.1, 0.15) is 23.9 Å². The highest BCUT2D eigenvalue weighted by Crippen LogP contribution is 2.35. The molecule has 134 valence electrons. The standard InChI is InChI=1S/C16H17FN2O5S/c1-23-12-5-8-15(24-2)14(9-12)19(10-16(18)20)25(21,22)13-6-3-11(17)4-7-13/h3-9H,10H2,1-2H3,(H2,18,20). The van der Waals surface area contributed by atoms with E-state index >= 15 is 0 Å². The number of amides is 1. The first-order chi connectivity index (χ1) is 11.8. The zero-order valence-corrected chi connectivity index (χ0v) is 14.4. The number of primary amides is 1. The van der Waals surface area contributed by atoms with E-state index in [-0.39, 0.29) is 16.3 Å². The number of halogens is 1. The van der Waals surface area contributed by atoms with Crippen molar-refractivity contribution in [3.05, 3.63) is 48.3 Å². The van der Waals surface area contributed by atoms with E-state index < -0.39 is 28.3 Å². The number of ether oxygens (including phenoxy) is 2. The van der Waals surface area contributed by atoms with Crippen LogP contribution in [0.15, 0.2) is 47.4 Å². The Kier molecular flexibility index (Phi) is 5.48. The van der Waals surface area contributed by atoms with Crippen molar-refractivity contribution in [2.45, 2.75) is 4.90 Å². The van der Waals surface area contributed by atoms with Crippen molar-refractivity contribution in [1.29, 1.82) is 0 Å². The molecule has 9 heteroatoms. The van der Waals surface area contributed by atoms with Gasteiger partial charge in [-0.25, -0.2) is 12.8 Å². The van der Waals surface area contributed by atoms with Crippen molar-refractivity contribution in [3.63, 3.8) is 0 Å². The lowest BCUT2D eigenvalue weighted by Crippen LogP contribution is -2.38. The molecule has 0 heterocycles. The van der Waals surface area contributed by atoms with Crippen molar-refractivity contribution in [3.8, 4) is 11.5 Å². The van der Waals surface area contributed by atoms with Crippen LogP contribution >= 0.6 is 0 Å². The lowest BCUT2D eigenvalue weighted by molar-refractivity contribution is -0.116. The monoisotopic (exact) mass is 368 g/mol. The summed E-state index contributed by atoms with van der Waals surface area (Å²) < 4.78 is 50.1. The first-order valence-corrected chi connectivity index (χ1v) is 8.52. The predicted molar refractivity (Wildman–Crippen MR) is 89.7 cm³/mol. The van der Waals surface area contributed by atoms with E-state index in [4.69, 9.17) is 15.2 Å². The molecule has 2 rings (SSSR count). The second-order valence-electron chi connectivity index (χ2n) is 4.97. The van der Waals surface area contributed by atoms with Gasteiger partial charge < -0.3 is 15.2 Å². The predicted octanol–water partition coefficient (Wildman–Crippen LogP) is 1.52. The Hall–Kier alpha value is -2.81. The number of sulfonamides is 1. The van der Waals surface area contributed by atoms with E-state index in [0.29, 0.717) is 5.75 Å². The lowest BCUT2D eigenvalue weighted by Gasteiger charge is -2.25. The molecule has 0 bridgehead atoms. The molecule has 2 aromatic carbocycles. The number of rotatable bonds is 7. The normalized spacial score (nSPS) is 11.0. The van der Waals surface area contributed by atoms with Gasteiger partial charge in [0, 0.05) is 6.07 Å². The summed E-state index contributed by atoms with van der Waals surface area (Å²) in [6, 6.07) is 8.72. The minimum absolute atomic E-state index is 0.0741. The van der Waals surface area contributed by atoms with Crippen LogP contribution in [-0.4, -0.2) is 35.1 Å². The van der Waals surface area contributed by atoms with Crippen LogP contribution in [0.5, 0.6) is 11.5 Å². The second-order valence-corrected chi connectivity index (χ2v) is 6.83. The van der Waals surface area contributed by atoms with Crippen molar-refractivity contribution >= 4 is 21.6 Å². The van der Waals surface area contributed by atoms with Gasteiger partial charge >= 0.3 is 0 Å². The molecule has 0 aliphatic rings. The Morgan fingerprint density at radius 1 is 1.12 bits per heavy atom. The van der Waals surface area contributed by atoms with Crippen molar-refractivity contribution < 1.29 is 27.1 Å². The van der Waals surface area contributed by atoms with Crippen molar-refractivity contribution in [2.75, 3.05) is 25.1 Å². The van der Waals surface area contributed by atoms with Gasteiger partial charge in [-0.05, 0) is 36.4 Å². The van der Waals surface area contributed by atoms with Gasteiger partial charge in [0.2, 0.25) is 5.91 Å². The SMILES string of the molecule is COc1ccc(OC)c(N(CC(N)=O)S(=O)(=O)c2ccc(F)cc2)c1. The molecule has 7 nitrogen and oxygen atoms in total. The summed E-state index contributed by atoms with van der Waals surface area (Å²) in [5, 5.41) is 0. The fourth-order valence-corrected chi connectivity index (χ4v) is 3.60. The maximum atomic E-state index is 13.1. The third kappa shape index (κ3) is 4.00. The number of benzene rings is 2. The molecule has 25 heavy (non-hydrogen) atoms. The molecule has 0 aliphatic heterocycles. The van der Waals surface area contributed by atoms with E-state index in [9.17, 15) is 17.6 Å². The van der Waals surface area contributed by atoms with Gasteiger partial charge in [0.15, 0.2) is 0 Å². The van der Waals surface area contributed by atoms with Crippen LogP contribution in [0, 0.1) is 5.82 Å². The number of hydrogen-bond acceptors (Lipinski definition) is 5. The molecule has 0 aliphatic carbocycles. The highest BCUT2D eigenvalue weighted by atomic mass is 32.2. The first-order valence-electron chi connectivity index (χ1n) is 7.08. The topological polar surface area (TPSA) is 98.9 Å². The van der Waals surface area contributed by atoms with Crippen LogP contribution in [0.1, 0.15) is 0 Å². The minimum Gasteiger partial charge on any atom is -0.497 e. The average Bonchev–Trinajstić information content (AvgIpc) is 2.59. The van der Waals surface area contributed by atoms with Crippen LogP contribution in [0.2, 0.25) is 0 Å². The summed E-state index contributed by atoms with van der Waals surface area (Å²) in [5.41, 5.74) is 5.29. The maximum absolute atomic E-state index is 13.1. The maximum Gasteiger partial charge on any atom is 0.264 e. The Morgan fingerprint density at radius 2 is 1.76 bits per heavy atom. The molecule has 0 unspecified atom stereocenters. The average molecular weight is 368 g/mol. The molecular weight excluding hydrogens is 351 g/mol. The molecule has 0 saturated carbocycles. The highest BCUT2D eigenvalue weighted by molar-refractivity contribution is 7.92. The number of nitrogens with two attached hydrogens (primary N) is 1. The molecule has 2 N–H and O–H groups in total. The van der Waals surface area contributed by atoms with Crippen LogP contribution in [0.25, 0.3) is 0 Å². The van der Waals surface area contributed by atoms with Crippen LogP contribution in [0.3, 0.4) is 0 Å². The highest BCUT2D eigenvalue weighted by Gasteiger charge is 2.29. The summed E-state index contributed by atoms with van der Waals surface area (Å²) in [5.74, 6) is -0.887. The van der Waals surface area contributed by atoms with Crippen LogP contribution in [-0.2, 0) is 14.8 Å². The molecule has 0 aromatic heterocycles. The van der Waals surface area contributed by atoms with Crippen LogP contribution < -0.4 is 19.5 Å². The van der Waals surface area contributed by atoms with Gasteiger partial charge in [0.25, 0.3) is 10.0 Å². The number of carbonyl (C=O) groups is 1. The Morgan fingerprint density at radius 3 is 2.28 bits per heavy atom. The molecule has 0 saturated heterocycles. The van der Waals surface area contributed by atoms with Gasteiger partial charge in [-0.15, -0.1) is 0 Å². The Bertz CT molecular complexity index is 869. The fraction of sp³-hybridized carbons (Fsp3) is 0.188. The Balaban J connectivity index is 2.64. The van der Waals surface area contributed by atoms with E-state index in [1.54, 1.807) is 6.07 Å². The number of anilines is 1. The quantitative estimate of drug-likeness (QED) is 0.799. The van der Waals surface area contributed by atoms with E-state index in [1.165, 1.54) is 26.4 Å². The summed E-state index contributed by atoms with van der Waals surface area (Å²) in [6.45, 7) is -0.622. The largest absolute Gasteiger partial charge is 0.497 e. The van der Waals surface area contributed by atoms with Gasteiger partial charge in [0.05, 0.1) is 24.8 Å². The molecule has 1 amide bonds. The number of carbonyl (C=O) groups excluding carboxylic acids is 1. The smallest absolute Gasteiger partial charge is 0.264 e. The molecule has 0 radical (unpaired) electrons. The number of methoxy groups -OCH3 is 2. The van der Waals surface area contributed by atoms with Crippen LogP contribution in [0.4, 0.5) is 10.1 Å². The molecule has 0 fully saturated rings. The molecule has 0 atom stereocenters. The molecule has 0 spiro atoms. The zero-order chi connectivity index (χ0) is 18.6. The summed E-state index contributed by atoms with van der Waals surface area (Å²) in [4.78, 5) is 11.3. The van der Waals surface area contributed by atoms with Crippen molar-refractivity contribution in [2.24, 2.45) is 5.73 Å². The summed E-state index contributed by atoms with van der Waals surface area (Å²) in [6.07, 6.45) is 0. The number of nitrogens with zero attached hydrogens (tertiary/aromatic N) is 1. The van der Waals surface area contributed by atoms with Crippen molar-refractivity contribution in [1.82, 2.24) is 0 Å². The second kappa shape index (κ2) is 7.39.